The van der Waals surface area contributed by atoms with Crippen molar-refractivity contribution >= 4 is 33.2 Å². The van der Waals surface area contributed by atoms with Gasteiger partial charge < -0.3 is 10.5 Å². The van der Waals surface area contributed by atoms with Crippen molar-refractivity contribution in [2.45, 2.75) is 24.7 Å². The lowest BCUT2D eigenvalue weighted by Gasteiger charge is -2.11. The Morgan fingerprint density at radius 1 is 1.40 bits per heavy atom. The minimum absolute atomic E-state index is 0.0204. The van der Waals surface area contributed by atoms with Crippen molar-refractivity contribution in [3.05, 3.63) is 18.2 Å². The van der Waals surface area contributed by atoms with E-state index in [9.17, 15) is 8.42 Å². The standard InChI is InChI=1S/C13H22N2O3S2/c1-3-8-19-11-5-6-12(14)13(10-11)15-20(16,17)9-4-7-18-2/h5-6,10,15H,3-4,7-9,14H2,1-2H3. The Balaban J connectivity index is 2.74. The summed E-state index contributed by atoms with van der Waals surface area (Å²) in [7, 11) is -1.84. The molecule has 0 aliphatic heterocycles. The first kappa shape index (κ1) is 17.1. The van der Waals surface area contributed by atoms with Crippen molar-refractivity contribution in [2.24, 2.45) is 0 Å². The molecule has 1 rings (SSSR count). The Bertz CT molecular complexity index is 518. The minimum atomic E-state index is -3.39. The lowest BCUT2D eigenvalue weighted by Crippen LogP contribution is -2.18. The van der Waals surface area contributed by atoms with Gasteiger partial charge in [0.15, 0.2) is 0 Å². The average Bonchev–Trinajstić information content (AvgIpc) is 2.39. The van der Waals surface area contributed by atoms with Crippen LogP contribution in [0, 0.1) is 0 Å². The molecule has 0 heterocycles. The number of nitrogens with one attached hydrogen (secondary N) is 1. The van der Waals surface area contributed by atoms with Crippen molar-refractivity contribution in [3.8, 4) is 0 Å². The first-order valence-electron chi connectivity index (χ1n) is 6.50. The fourth-order valence-electron chi connectivity index (χ4n) is 1.55. The molecule has 0 amide bonds. The van der Waals surface area contributed by atoms with Crippen LogP contribution >= 0.6 is 11.8 Å². The van der Waals surface area contributed by atoms with Gasteiger partial charge in [0.25, 0.3) is 0 Å². The van der Waals surface area contributed by atoms with E-state index in [1.807, 2.05) is 6.07 Å². The molecule has 0 spiro atoms. The van der Waals surface area contributed by atoms with Crippen molar-refractivity contribution in [2.75, 3.05) is 35.7 Å². The molecule has 114 valence electrons. The lowest BCUT2D eigenvalue weighted by molar-refractivity contribution is 0.199. The number of thioether (sulfide) groups is 1. The number of sulfonamides is 1. The SMILES string of the molecule is CCCSc1ccc(N)c(NS(=O)(=O)CCCOC)c1. The Hall–Kier alpha value is -0.920. The molecule has 0 aliphatic rings. The van der Waals surface area contributed by atoms with Crippen molar-refractivity contribution in [3.63, 3.8) is 0 Å². The van der Waals surface area contributed by atoms with Crippen LogP contribution in [-0.4, -0.2) is 33.6 Å². The summed E-state index contributed by atoms with van der Waals surface area (Å²) in [6.45, 7) is 2.52. The van der Waals surface area contributed by atoms with Crippen LogP contribution in [0.1, 0.15) is 19.8 Å². The highest BCUT2D eigenvalue weighted by atomic mass is 32.2. The maximum absolute atomic E-state index is 11.9. The van der Waals surface area contributed by atoms with Gasteiger partial charge in [-0.25, -0.2) is 8.42 Å². The van der Waals surface area contributed by atoms with Gasteiger partial charge in [0.2, 0.25) is 10.0 Å². The smallest absolute Gasteiger partial charge is 0.232 e. The van der Waals surface area contributed by atoms with E-state index >= 15 is 0 Å². The monoisotopic (exact) mass is 318 g/mol. The van der Waals surface area contributed by atoms with Crippen LogP contribution in [0.15, 0.2) is 23.1 Å². The van der Waals surface area contributed by atoms with Gasteiger partial charge in [0, 0.05) is 18.6 Å². The van der Waals surface area contributed by atoms with Gasteiger partial charge in [0.1, 0.15) is 0 Å². The van der Waals surface area contributed by atoms with Crippen molar-refractivity contribution < 1.29 is 13.2 Å². The van der Waals surface area contributed by atoms with Gasteiger partial charge in [0.05, 0.1) is 17.1 Å². The second-order valence-corrected chi connectivity index (χ2v) is 7.38. The van der Waals surface area contributed by atoms with Crippen LogP contribution in [0.3, 0.4) is 0 Å². The molecule has 1 aromatic rings. The number of ether oxygens (including phenoxy) is 1. The Kier molecular flexibility index (Phi) is 7.18. The number of methoxy groups -OCH3 is 1. The maximum atomic E-state index is 11.9. The lowest BCUT2D eigenvalue weighted by atomic mass is 10.3. The third kappa shape index (κ3) is 6.02. The van der Waals surface area contributed by atoms with Gasteiger partial charge in [-0.3, -0.25) is 4.72 Å². The van der Waals surface area contributed by atoms with E-state index < -0.39 is 10.0 Å². The molecule has 0 saturated heterocycles. The predicted molar refractivity (Wildman–Crippen MR) is 85.8 cm³/mol. The zero-order chi connectivity index (χ0) is 15.0. The summed E-state index contributed by atoms with van der Waals surface area (Å²) in [6, 6.07) is 5.41. The quantitative estimate of drug-likeness (QED) is 0.415. The molecule has 0 aliphatic carbocycles. The largest absolute Gasteiger partial charge is 0.397 e. The summed E-state index contributed by atoms with van der Waals surface area (Å²) in [6.07, 6.45) is 1.52. The third-order valence-corrected chi connectivity index (χ3v) is 5.08. The fraction of sp³-hybridized carbons (Fsp3) is 0.538. The number of nitrogen functional groups attached to an aromatic ring is 1. The van der Waals surface area contributed by atoms with Crippen LogP contribution in [0.4, 0.5) is 11.4 Å². The second-order valence-electron chi connectivity index (χ2n) is 4.36. The molecule has 0 radical (unpaired) electrons. The zero-order valence-corrected chi connectivity index (χ0v) is 13.5. The van der Waals surface area contributed by atoms with E-state index in [1.54, 1.807) is 31.0 Å². The molecule has 1 aromatic carbocycles. The highest BCUT2D eigenvalue weighted by Crippen LogP contribution is 2.27. The Labute approximate surface area is 125 Å². The predicted octanol–water partition coefficient (Wildman–Crippen LogP) is 2.55. The van der Waals surface area contributed by atoms with E-state index in [2.05, 4.69) is 11.6 Å². The van der Waals surface area contributed by atoms with Crippen LogP contribution in [0.5, 0.6) is 0 Å². The van der Waals surface area contributed by atoms with Crippen LogP contribution < -0.4 is 10.5 Å². The van der Waals surface area contributed by atoms with Gasteiger partial charge in [-0.2, -0.15) is 0 Å². The van der Waals surface area contributed by atoms with Crippen LogP contribution in [0.25, 0.3) is 0 Å². The molecule has 0 atom stereocenters. The summed E-state index contributed by atoms with van der Waals surface area (Å²) in [5, 5.41) is 0. The molecule has 5 nitrogen and oxygen atoms in total. The number of anilines is 2. The number of hydrogen-bond acceptors (Lipinski definition) is 5. The summed E-state index contributed by atoms with van der Waals surface area (Å²) >= 11 is 1.68. The molecule has 0 saturated carbocycles. The topological polar surface area (TPSA) is 81.4 Å². The number of benzene rings is 1. The number of rotatable bonds is 9. The van der Waals surface area contributed by atoms with E-state index in [1.165, 1.54) is 0 Å². The molecular formula is C13H22N2O3S2. The summed E-state index contributed by atoms with van der Waals surface area (Å²) < 4.78 is 31.2. The molecule has 0 aromatic heterocycles. The molecule has 20 heavy (non-hydrogen) atoms. The Morgan fingerprint density at radius 3 is 2.80 bits per heavy atom. The van der Waals surface area contributed by atoms with Gasteiger partial charge >= 0.3 is 0 Å². The molecular weight excluding hydrogens is 296 g/mol. The van der Waals surface area contributed by atoms with Gasteiger partial charge in [-0.05, 0) is 36.8 Å². The molecule has 0 unspecified atom stereocenters. The average molecular weight is 318 g/mol. The van der Waals surface area contributed by atoms with Crippen molar-refractivity contribution in [1.29, 1.82) is 0 Å². The van der Waals surface area contributed by atoms with E-state index in [-0.39, 0.29) is 5.75 Å². The number of nitrogens with two attached hydrogens (primary N) is 1. The summed E-state index contributed by atoms with van der Waals surface area (Å²) in [4.78, 5) is 1.01. The van der Waals surface area contributed by atoms with Gasteiger partial charge in [-0.15, -0.1) is 11.8 Å². The fourth-order valence-corrected chi connectivity index (χ4v) is 3.46. The zero-order valence-electron chi connectivity index (χ0n) is 11.9. The normalized spacial score (nSPS) is 11.5. The summed E-state index contributed by atoms with van der Waals surface area (Å²) in [5.41, 5.74) is 6.70. The Morgan fingerprint density at radius 2 is 2.15 bits per heavy atom. The molecule has 0 bridgehead atoms. The van der Waals surface area contributed by atoms with Crippen LogP contribution in [0.2, 0.25) is 0 Å². The van der Waals surface area contributed by atoms with Crippen molar-refractivity contribution in [1.82, 2.24) is 0 Å². The third-order valence-electron chi connectivity index (χ3n) is 2.52. The van der Waals surface area contributed by atoms with Crippen LogP contribution in [-0.2, 0) is 14.8 Å². The molecule has 0 fully saturated rings. The van der Waals surface area contributed by atoms with E-state index in [0.29, 0.717) is 24.4 Å². The first-order valence-corrected chi connectivity index (χ1v) is 9.14. The van der Waals surface area contributed by atoms with Gasteiger partial charge in [-0.1, -0.05) is 6.92 Å². The minimum Gasteiger partial charge on any atom is -0.397 e. The maximum Gasteiger partial charge on any atom is 0.232 e. The number of hydrogen-bond donors (Lipinski definition) is 2. The second kappa shape index (κ2) is 8.39. The highest BCUT2D eigenvalue weighted by molar-refractivity contribution is 7.99. The van der Waals surface area contributed by atoms with E-state index in [4.69, 9.17) is 10.5 Å². The highest BCUT2D eigenvalue weighted by Gasteiger charge is 2.12. The van der Waals surface area contributed by atoms with E-state index in [0.717, 1.165) is 17.1 Å². The first-order chi connectivity index (χ1) is 9.48. The molecule has 7 heteroatoms. The summed E-state index contributed by atoms with van der Waals surface area (Å²) in [5.74, 6) is 1.01. The molecule has 3 N–H and O–H groups in total.